The number of alkyl halides is 3. The van der Waals surface area contributed by atoms with Gasteiger partial charge in [0, 0.05) is 31.3 Å². The summed E-state index contributed by atoms with van der Waals surface area (Å²) in [5, 5.41) is 3.79. The number of rotatable bonds is 7. The first-order valence-corrected chi connectivity index (χ1v) is 11.2. The minimum absolute atomic E-state index is 0.0112. The fourth-order valence-corrected chi connectivity index (χ4v) is 4.97. The highest BCUT2D eigenvalue weighted by atomic mass is 35.5. The zero-order chi connectivity index (χ0) is 24.6. The number of ether oxygens (including phenoxy) is 1. The standard InChI is InChI=1S/C21H24ClF4N5OS/c1-11(2)31(5-6-32-4)19-18(13-7-14(20(24,25)26)9-15(23)8-13)30-21(27,33-19)16-10-17(22)29-12(3)28-16/h7-11,30H,5-6,27H2,1-4H3. The third kappa shape index (κ3) is 5.71. The number of nitrogens with one attached hydrogen (secondary N) is 1. The summed E-state index contributed by atoms with van der Waals surface area (Å²) >= 11 is 7.25. The minimum atomic E-state index is -4.71. The van der Waals surface area contributed by atoms with Crippen LogP contribution < -0.4 is 11.1 Å². The fraction of sp³-hybridized carbons (Fsp3) is 0.429. The van der Waals surface area contributed by atoms with Gasteiger partial charge in [0.2, 0.25) is 0 Å². The maximum absolute atomic E-state index is 14.3. The quantitative estimate of drug-likeness (QED) is 0.418. The first-order valence-electron chi connectivity index (χ1n) is 10.00. The van der Waals surface area contributed by atoms with Crippen LogP contribution in [0.2, 0.25) is 5.15 Å². The maximum atomic E-state index is 14.3. The molecule has 2 heterocycles. The van der Waals surface area contributed by atoms with Crippen molar-refractivity contribution in [3.63, 3.8) is 0 Å². The van der Waals surface area contributed by atoms with E-state index in [9.17, 15) is 17.6 Å². The average Bonchev–Trinajstić information content (AvgIpc) is 3.05. The number of thioether (sulfide) groups is 1. The van der Waals surface area contributed by atoms with E-state index in [1.54, 1.807) is 14.0 Å². The van der Waals surface area contributed by atoms with Gasteiger partial charge in [0.25, 0.3) is 0 Å². The molecule has 33 heavy (non-hydrogen) atoms. The summed E-state index contributed by atoms with van der Waals surface area (Å²) in [6, 6.07) is 3.81. The lowest BCUT2D eigenvalue weighted by Gasteiger charge is -2.31. The largest absolute Gasteiger partial charge is 0.416 e. The molecule has 0 saturated heterocycles. The molecule has 0 fully saturated rings. The molecule has 0 saturated carbocycles. The van der Waals surface area contributed by atoms with Crippen LogP contribution in [-0.2, 0) is 15.9 Å². The third-order valence-electron chi connectivity index (χ3n) is 4.90. The molecular weight excluding hydrogens is 482 g/mol. The summed E-state index contributed by atoms with van der Waals surface area (Å²) < 4.78 is 59.7. The number of aryl methyl sites for hydroxylation is 1. The highest BCUT2D eigenvalue weighted by Gasteiger charge is 2.43. The van der Waals surface area contributed by atoms with Gasteiger partial charge in [-0.05, 0) is 39.0 Å². The Hall–Kier alpha value is -2.08. The fourth-order valence-electron chi connectivity index (χ4n) is 3.39. The molecule has 1 aromatic heterocycles. The number of aromatic nitrogens is 2. The molecule has 3 rings (SSSR count). The van der Waals surface area contributed by atoms with E-state index >= 15 is 0 Å². The SMILES string of the molecule is COCCN(C1=C(c2cc(F)cc(C(F)(F)F)c2)NC(N)(c2cc(Cl)nc(C)n2)S1)C(C)C. The summed E-state index contributed by atoms with van der Waals surface area (Å²) in [6.07, 6.45) is -4.71. The number of nitrogens with two attached hydrogens (primary N) is 1. The van der Waals surface area contributed by atoms with Gasteiger partial charge in [0.15, 0.2) is 4.99 Å². The van der Waals surface area contributed by atoms with Crippen molar-refractivity contribution in [2.45, 2.75) is 38.0 Å². The van der Waals surface area contributed by atoms with Crippen LogP contribution in [0.25, 0.3) is 5.70 Å². The van der Waals surface area contributed by atoms with Gasteiger partial charge in [-0.25, -0.2) is 14.4 Å². The van der Waals surface area contributed by atoms with Gasteiger partial charge >= 0.3 is 6.18 Å². The van der Waals surface area contributed by atoms with Crippen LogP contribution in [0.5, 0.6) is 0 Å². The highest BCUT2D eigenvalue weighted by molar-refractivity contribution is 8.04. The molecule has 0 radical (unpaired) electrons. The molecule has 2 aromatic rings. The van der Waals surface area contributed by atoms with Crippen LogP contribution in [0.15, 0.2) is 29.3 Å². The molecule has 6 nitrogen and oxygen atoms in total. The Morgan fingerprint density at radius 1 is 1.24 bits per heavy atom. The molecule has 1 aliphatic rings. The van der Waals surface area contributed by atoms with Gasteiger partial charge in [-0.15, -0.1) is 0 Å². The van der Waals surface area contributed by atoms with E-state index in [0.717, 1.165) is 23.9 Å². The van der Waals surface area contributed by atoms with Gasteiger partial charge in [0.05, 0.1) is 28.6 Å². The normalized spacial score (nSPS) is 18.8. The Balaban J connectivity index is 2.17. The molecule has 1 aromatic carbocycles. The molecule has 0 bridgehead atoms. The Kier molecular flexibility index (Phi) is 7.47. The molecule has 0 spiro atoms. The summed E-state index contributed by atoms with van der Waals surface area (Å²) in [7, 11) is 1.55. The lowest BCUT2D eigenvalue weighted by molar-refractivity contribution is -0.137. The van der Waals surface area contributed by atoms with E-state index in [1.165, 1.54) is 6.07 Å². The van der Waals surface area contributed by atoms with Crippen LogP contribution >= 0.6 is 23.4 Å². The van der Waals surface area contributed by atoms with Gasteiger partial charge in [0.1, 0.15) is 16.8 Å². The van der Waals surface area contributed by atoms with Crippen LogP contribution in [0.3, 0.4) is 0 Å². The molecule has 0 amide bonds. The number of methoxy groups -OCH3 is 1. The van der Waals surface area contributed by atoms with Crippen LogP contribution in [0.1, 0.15) is 36.5 Å². The summed E-state index contributed by atoms with van der Waals surface area (Å²) in [4.78, 5) is 8.94. The van der Waals surface area contributed by atoms with Crippen LogP contribution in [0, 0.1) is 12.7 Å². The summed E-state index contributed by atoms with van der Waals surface area (Å²) in [6.45, 7) is 6.30. The lowest BCUT2D eigenvalue weighted by atomic mass is 10.1. The van der Waals surface area contributed by atoms with Gasteiger partial charge in [-0.3, -0.25) is 5.73 Å². The van der Waals surface area contributed by atoms with E-state index in [-0.39, 0.29) is 22.5 Å². The van der Waals surface area contributed by atoms with E-state index in [1.807, 2.05) is 18.7 Å². The van der Waals surface area contributed by atoms with Crippen molar-refractivity contribution in [2.75, 3.05) is 20.3 Å². The monoisotopic (exact) mass is 505 g/mol. The second-order valence-corrected chi connectivity index (χ2v) is 9.39. The van der Waals surface area contributed by atoms with Crippen molar-refractivity contribution in [3.8, 4) is 0 Å². The van der Waals surface area contributed by atoms with Crippen molar-refractivity contribution < 1.29 is 22.3 Å². The second kappa shape index (κ2) is 9.65. The molecule has 1 unspecified atom stereocenters. The number of hydrogen-bond acceptors (Lipinski definition) is 7. The number of halogens is 5. The Bertz CT molecular complexity index is 1050. The van der Waals surface area contributed by atoms with E-state index in [0.29, 0.717) is 35.8 Å². The first kappa shape index (κ1) is 25.5. The van der Waals surface area contributed by atoms with Crippen molar-refractivity contribution in [2.24, 2.45) is 5.73 Å². The van der Waals surface area contributed by atoms with Gasteiger partial charge < -0.3 is 15.0 Å². The molecule has 180 valence electrons. The average molecular weight is 506 g/mol. The first-order chi connectivity index (χ1) is 15.3. The maximum Gasteiger partial charge on any atom is 0.416 e. The second-order valence-electron chi connectivity index (χ2n) is 7.77. The van der Waals surface area contributed by atoms with E-state index in [2.05, 4.69) is 15.3 Å². The van der Waals surface area contributed by atoms with Crippen molar-refractivity contribution in [1.82, 2.24) is 20.2 Å². The summed E-state index contributed by atoms with van der Waals surface area (Å²) in [5.41, 5.74) is 6.15. The number of benzene rings is 1. The van der Waals surface area contributed by atoms with Crippen molar-refractivity contribution in [3.05, 3.63) is 62.9 Å². The Labute approximate surface area is 198 Å². The van der Waals surface area contributed by atoms with Crippen molar-refractivity contribution in [1.29, 1.82) is 0 Å². The third-order valence-corrected chi connectivity index (χ3v) is 6.36. The molecule has 12 heteroatoms. The molecule has 0 aliphatic carbocycles. The number of hydrogen-bond donors (Lipinski definition) is 2. The molecule has 1 aliphatic heterocycles. The predicted molar refractivity (Wildman–Crippen MR) is 120 cm³/mol. The summed E-state index contributed by atoms with van der Waals surface area (Å²) in [5.74, 6) is -0.633. The smallest absolute Gasteiger partial charge is 0.383 e. The van der Waals surface area contributed by atoms with Crippen LogP contribution in [-0.4, -0.2) is 41.2 Å². The highest BCUT2D eigenvalue weighted by Crippen LogP contribution is 2.47. The van der Waals surface area contributed by atoms with Gasteiger partial charge in [-0.1, -0.05) is 23.4 Å². The van der Waals surface area contributed by atoms with Gasteiger partial charge in [-0.2, -0.15) is 13.2 Å². The molecular formula is C21H24ClF4N5OS. The molecule has 1 atom stereocenters. The Morgan fingerprint density at radius 2 is 1.94 bits per heavy atom. The van der Waals surface area contributed by atoms with E-state index in [4.69, 9.17) is 22.1 Å². The molecule has 3 N–H and O–H groups in total. The van der Waals surface area contributed by atoms with Crippen molar-refractivity contribution >= 4 is 29.1 Å². The Morgan fingerprint density at radius 3 is 2.52 bits per heavy atom. The number of nitrogens with zero attached hydrogens (tertiary/aromatic N) is 3. The van der Waals surface area contributed by atoms with Crippen LogP contribution in [0.4, 0.5) is 17.6 Å². The minimum Gasteiger partial charge on any atom is -0.383 e. The predicted octanol–water partition coefficient (Wildman–Crippen LogP) is 4.68. The van der Waals surface area contributed by atoms with E-state index < -0.39 is 22.6 Å². The lowest BCUT2D eigenvalue weighted by Crippen LogP contribution is -2.44. The zero-order valence-electron chi connectivity index (χ0n) is 18.4. The topological polar surface area (TPSA) is 76.3 Å². The zero-order valence-corrected chi connectivity index (χ0v) is 20.0.